The fraction of sp³-hybridized carbons (Fsp3) is 0.375. The van der Waals surface area contributed by atoms with Gasteiger partial charge in [-0.1, -0.05) is 74.5 Å². The van der Waals surface area contributed by atoms with Crippen LogP contribution in [0.2, 0.25) is 0 Å². The molecule has 0 aliphatic carbocycles. The number of benzene rings is 2. The molecule has 8 nitrogen and oxygen atoms in total. The zero-order chi connectivity index (χ0) is 23.5. The maximum Gasteiger partial charge on any atom is 0.429 e. The summed E-state index contributed by atoms with van der Waals surface area (Å²) in [5.74, 6) is -0.524. The van der Waals surface area contributed by atoms with Crippen LogP contribution in [0.15, 0.2) is 60.7 Å². The zero-order valence-corrected chi connectivity index (χ0v) is 18.9. The average Bonchev–Trinajstić information content (AvgIpc) is 2.80. The first-order valence-electron chi connectivity index (χ1n) is 10.4. The number of hydrazine groups is 1. The third-order valence-electron chi connectivity index (χ3n) is 4.51. The van der Waals surface area contributed by atoms with Crippen LogP contribution in [0.1, 0.15) is 25.0 Å². The lowest BCUT2D eigenvalue weighted by Gasteiger charge is -2.28. The molecule has 1 atom stereocenters. The van der Waals surface area contributed by atoms with Crippen molar-refractivity contribution < 1.29 is 28.6 Å². The summed E-state index contributed by atoms with van der Waals surface area (Å²) in [5.41, 5.74) is 1.62. The smallest absolute Gasteiger partial charge is 0.429 e. The van der Waals surface area contributed by atoms with Gasteiger partial charge in [-0.05, 0) is 17.0 Å². The van der Waals surface area contributed by atoms with E-state index in [9.17, 15) is 14.4 Å². The number of esters is 1. The summed E-state index contributed by atoms with van der Waals surface area (Å²) in [4.78, 5) is 37.5. The standard InChI is InChI=1S/C24H30N2O6/c1-18(2)16-31-23(28)25(3)26(4)24(29)32-21(15-19-11-7-5-8-12-19)22(27)30-17-20-13-9-6-10-14-20/h5-14,18,21H,15-17H2,1-4H3. The Balaban J connectivity index is 2.04. The number of hydrogen-bond acceptors (Lipinski definition) is 6. The normalized spacial score (nSPS) is 11.4. The number of carbonyl (C=O) groups is 3. The number of amides is 2. The van der Waals surface area contributed by atoms with Gasteiger partial charge in [0, 0.05) is 20.5 Å². The molecule has 2 amide bonds. The van der Waals surface area contributed by atoms with Crippen LogP contribution in [0, 0.1) is 5.92 Å². The summed E-state index contributed by atoms with van der Waals surface area (Å²) in [6.07, 6.45) is -2.64. The molecule has 0 saturated heterocycles. The predicted octanol–water partition coefficient (Wildman–Crippen LogP) is 4.05. The number of carbonyl (C=O) groups excluding carboxylic acids is 3. The molecule has 0 radical (unpaired) electrons. The Kier molecular flexibility index (Phi) is 9.53. The van der Waals surface area contributed by atoms with Gasteiger partial charge >= 0.3 is 18.2 Å². The predicted molar refractivity (Wildman–Crippen MR) is 118 cm³/mol. The molecular weight excluding hydrogens is 412 g/mol. The SMILES string of the molecule is CC(C)COC(=O)N(C)N(C)C(=O)OC(Cc1ccccc1)C(=O)OCc1ccccc1. The molecule has 2 aromatic carbocycles. The van der Waals surface area contributed by atoms with E-state index in [4.69, 9.17) is 14.2 Å². The monoisotopic (exact) mass is 442 g/mol. The number of ether oxygens (including phenoxy) is 3. The van der Waals surface area contributed by atoms with Gasteiger partial charge in [0.05, 0.1) is 6.61 Å². The number of nitrogens with zero attached hydrogens (tertiary/aromatic N) is 2. The Morgan fingerprint density at radius 3 is 1.88 bits per heavy atom. The largest absolute Gasteiger partial charge is 0.458 e. The molecule has 0 fully saturated rings. The fourth-order valence-corrected chi connectivity index (χ4v) is 2.60. The fourth-order valence-electron chi connectivity index (χ4n) is 2.60. The molecular formula is C24H30N2O6. The van der Waals surface area contributed by atoms with Crippen LogP contribution >= 0.6 is 0 Å². The summed E-state index contributed by atoms with van der Waals surface area (Å²) < 4.78 is 15.9. The van der Waals surface area contributed by atoms with Gasteiger partial charge in [-0.3, -0.25) is 0 Å². The maximum absolute atomic E-state index is 12.7. The van der Waals surface area contributed by atoms with Crippen molar-refractivity contribution in [1.29, 1.82) is 0 Å². The van der Waals surface area contributed by atoms with E-state index in [2.05, 4.69) is 0 Å². The first-order chi connectivity index (χ1) is 15.3. The van der Waals surface area contributed by atoms with Gasteiger partial charge < -0.3 is 14.2 Å². The number of hydrogen-bond donors (Lipinski definition) is 0. The Hall–Kier alpha value is -3.55. The molecule has 1 unspecified atom stereocenters. The second-order valence-electron chi connectivity index (χ2n) is 7.67. The van der Waals surface area contributed by atoms with Crippen molar-refractivity contribution in [3.05, 3.63) is 71.8 Å². The van der Waals surface area contributed by atoms with E-state index in [0.717, 1.165) is 21.1 Å². The molecule has 0 aliphatic rings. The van der Waals surface area contributed by atoms with Crippen molar-refractivity contribution in [1.82, 2.24) is 10.0 Å². The van der Waals surface area contributed by atoms with Crippen LogP contribution < -0.4 is 0 Å². The summed E-state index contributed by atoms with van der Waals surface area (Å²) in [7, 11) is 2.73. The minimum Gasteiger partial charge on any atom is -0.458 e. The summed E-state index contributed by atoms with van der Waals surface area (Å²) in [6, 6.07) is 18.4. The quantitative estimate of drug-likeness (QED) is 0.348. The van der Waals surface area contributed by atoms with Gasteiger partial charge in [0.2, 0.25) is 6.10 Å². The molecule has 0 bridgehead atoms. The first kappa shape index (κ1) is 24.7. The molecule has 0 aromatic heterocycles. The van der Waals surface area contributed by atoms with Crippen LogP contribution in [0.3, 0.4) is 0 Å². The molecule has 8 heteroatoms. The van der Waals surface area contributed by atoms with Crippen molar-refractivity contribution in [3.8, 4) is 0 Å². The minimum absolute atomic E-state index is 0.0553. The number of rotatable bonds is 8. The molecule has 0 spiro atoms. The van der Waals surface area contributed by atoms with Gasteiger partial charge in [-0.2, -0.15) is 0 Å². The minimum atomic E-state index is -1.18. The van der Waals surface area contributed by atoms with Crippen LogP contribution in [-0.4, -0.2) is 55.0 Å². The first-order valence-corrected chi connectivity index (χ1v) is 10.4. The molecule has 0 saturated carbocycles. The van der Waals surface area contributed by atoms with Gasteiger partial charge in [-0.15, -0.1) is 0 Å². The highest BCUT2D eigenvalue weighted by Gasteiger charge is 2.29. The molecule has 0 heterocycles. The van der Waals surface area contributed by atoms with Crippen molar-refractivity contribution in [2.75, 3.05) is 20.7 Å². The second kappa shape index (κ2) is 12.3. The summed E-state index contributed by atoms with van der Waals surface area (Å²) in [6.45, 7) is 4.08. The highest BCUT2D eigenvalue weighted by molar-refractivity contribution is 5.80. The lowest BCUT2D eigenvalue weighted by Crippen LogP contribution is -2.47. The molecule has 2 rings (SSSR count). The van der Waals surface area contributed by atoms with E-state index in [1.165, 1.54) is 14.1 Å². The molecule has 2 aromatic rings. The van der Waals surface area contributed by atoms with E-state index in [1.54, 1.807) is 0 Å². The molecule has 32 heavy (non-hydrogen) atoms. The Morgan fingerprint density at radius 2 is 1.31 bits per heavy atom. The molecule has 172 valence electrons. The average molecular weight is 443 g/mol. The van der Waals surface area contributed by atoms with E-state index in [-0.39, 0.29) is 25.6 Å². The van der Waals surface area contributed by atoms with Crippen molar-refractivity contribution in [3.63, 3.8) is 0 Å². The maximum atomic E-state index is 12.7. The summed E-state index contributed by atoms with van der Waals surface area (Å²) in [5, 5.41) is 1.94. The van der Waals surface area contributed by atoms with Gasteiger partial charge in [0.25, 0.3) is 0 Å². The van der Waals surface area contributed by atoms with E-state index in [0.29, 0.717) is 0 Å². The highest BCUT2D eigenvalue weighted by Crippen LogP contribution is 2.12. The topological polar surface area (TPSA) is 85.4 Å². The molecule has 0 N–H and O–H groups in total. The summed E-state index contributed by atoms with van der Waals surface area (Å²) >= 11 is 0. The van der Waals surface area contributed by atoms with Gasteiger partial charge in [0.1, 0.15) is 6.61 Å². The lowest BCUT2D eigenvalue weighted by atomic mass is 10.1. The third kappa shape index (κ3) is 7.94. The Bertz CT molecular complexity index is 873. The zero-order valence-electron chi connectivity index (χ0n) is 18.9. The van der Waals surface area contributed by atoms with Gasteiger partial charge in [-0.25, -0.2) is 24.4 Å². The van der Waals surface area contributed by atoms with Gasteiger partial charge in [0.15, 0.2) is 0 Å². The van der Waals surface area contributed by atoms with E-state index in [1.807, 2.05) is 74.5 Å². The van der Waals surface area contributed by atoms with E-state index >= 15 is 0 Å². The molecule has 0 aliphatic heterocycles. The van der Waals surface area contributed by atoms with Crippen LogP contribution in [0.4, 0.5) is 9.59 Å². The third-order valence-corrected chi connectivity index (χ3v) is 4.51. The van der Waals surface area contributed by atoms with E-state index < -0.39 is 24.3 Å². The van der Waals surface area contributed by atoms with Crippen LogP contribution in [-0.2, 0) is 32.0 Å². The van der Waals surface area contributed by atoms with Crippen LogP contribution in [0.25, 0.3) is 0 Å². The van der Waals surface area contributed by atoms with Crippen molar-refractivity contribution >= 4 is 18.2 Å². The van der Waals surface area contributed by atoms with Crippen LogP contribution in [0.5, 0.6) is 0 Å². The van der Waals surface area contributed by atoms with Crippen molar-refractivity contribution in [2.45, 2.75) is 33.0 Å². The van der Waals surface area contributed by atoms with Crippen molar-refractivity contribution in [2.24, 2.45) is 5.92 Å². The second-order valence-corrected chi connectivity index (χ2v) is 7.67. The Morgan fingerprint density at radius 1 is 0.781 bits per heavy atom. The Labute approximate surface area is 188 Å². The lowest BCUT2D eigenvalue weighted by molar-refractivity contribution is -0.156. The highest BCUT2D eigenvalue weighted by atomic mass is 16.6.